The number of amides is 1. The SMILES string of the molecule is NC1(C(=O)Nc2ccc(C(F)(F)F)cc2F)CC1. The Balaban J connectivity index is 2.18. The van der Waals surface area contributed by atoms with E-state index in [-0.39, 0.29) is 5.69 Å². The fourth-order valence-electron chi connectivity index (χ4n) is 1.40. The van der Waals surface area contributed by atoms with Crippen molar-refractivity contribution in [2.24, 2.45) is 5.73 Å². The highest BCUT2D eigenvalue weighted by Gasteiger charge is 2.46. The lowest BCUT2D eigenvalue weighted by atomic mass is 10.1. The van der Waals surface area contributed by atoms with E-state index >= 15 is 0 Å². The zero-order valence-corrected chi connectivity index (χ0v) is 9.14. The molecule has 1 aromatic rings. The van der Waals surface area contributed by atoms with Crippen molar-refractivity contribution < 1.29 is 22.4 Å². The molecule has 0 unspecified atom stereocenters. The summed E-state index contributed by atoms with van der Waals surface area (Å²) in [6.07, 6.45) is -3.64. The topological polar surface area (TPSA) is 55.1 Å². The summed E-state index contributed by atoms with van der Waals surface area (Å²) < 4.78 is 50.3. The normalized spacial score (nSPS) is 17.4. The maximum atomic E-state index is 13.4. The molecule has 0 spiro atoms. The number of hydrogen-bond donors (Lipinski definition) is 2. The van der Waals surface area contributed by atoms with Crippen LogP contribution in [0.3, 0.4) is 0 Å². The number of alkyl halides is 3. The molecule has 1 aromatic carbocycles. The average Bonchev–Trinajstić information content (AvgIpc) is 2.99. The van der Waals surface area contributed by atoms with Crippen molar-refractivity contribution in [1.82, 2.24) is 0 Å². The van der Waals surface area contributed by atoms with Crippen LogP contribution < -0.4 is 11.1 Å². The zero-order chi connectivity index (χ0) is 13.6. The van der Waals surface area contributed by atoms with Gasteiger partial charge < -0.3 is 11.1 Å². The van der Waals surface area contributed by atoms with Crippen LogP contribution in [-0.4, -0.2) is 11.4 Å². The van der Waals surface area contributed by atoms with Crippen molar-refractivity contribution in [2.45, 2.75) is 24.6 Å². The van der Waals surface area contributed by atoms with E-state index < -0.39 is 29.0 Å². The standard InChI is InChI=1S/C11H10F4N2O/c12-7-5-6(11(13,14)15)1-2-8(7)17-9(18)10(16)3-4-10/h1-2,5H,3-4,16H2,(H,17,18). The molecule has 0 radical (unpaired) electrons. The summed E-state index contributed by atoms with van der Waals surface area (Å²) >= 11 is 0. The molecule has 1 amide bonds. The predicted octanol–water partition coefficient (Wildman–Crippen LogP) is 2.27. The number of carbonyl (C=O) groups excluding carboxylic acids is 1. The number of benzene rings is 1. The Labute approximate surface area is 100.0 Å². The van der Waals surface area contributed by atoms with E-state index in [1.54, 1.807) is 0 Å². The van der Waals surface area contributed by atoms with Gasteiger partial charge in [-0.05, 0) is 31.0 Å². The van der Waals surface area contributed by atoms with Gasteiger partial charge in [0.1, 0.15) is 5.82 Å². The van der Waals surface area contributed by atoms with E-state index in [0.717, 1.165) is 6.07 Å². The molecule has 3 nitrogen and oxygen atoms in total. The molecule has 7 heteroatoms. The van der Waals surface area contributed by atoms with Crippen LogP contribution in [-0.2, 0) is 11.0 Å². The second kappa shape index (κ2) is 3.94. The fraction of sp³-hybridized carbons (Fsp3) is 0.364. The molecule has 0 bridgehead atoms. The second-order valence-electron chi connectivity index (χ2n) is 4.30. The molecule has 2 rings (SSSR count). The summed E-state index contributed by atoms with van der Waals surface area (Å²) in [4.78, 5) is 11.5. The van der Waals surface area contributed by atoms with Crippen LogP contribution in [0.1, 0.15) is 18.4 Å². The fourth-order valence-corrected chi connectivity index (χ4v) is 1.40. The molecular weight excluding hydrogens is 252 g/mol. The molecule has 18 heavy (non-hydrogen) atoms. The minimum Gasteiger partial charge on any atom is -0.322 e. The smallest absolute Gasteiger partial charge is 0.322 e. The van der Waals surface area contributed by atoms with Gasteiger partial charge in [-0.25, -0.2) is 4.39 Å². The first kappa shape index (κ1) is 12.8. The summed E-state index contributed by atoms with van der Waals surface area (Å²) in [6.45, 7) is 0. The predicted molar refractivity (Wildman–Crippen MR) is 56.2 cm³/mol. The van der Waals surface area contributed by atoms with Gasteiger partial charge in [0.05, 0.1) is 16.8 Å². The quantitative estimate of drug-likeness (QED) is 0.803. The first-order valence-electron chi connectivity index (χ1n) is 5.19. The molecule has 0 saturated heterocycles. The average molecular weight is 262 g/mol. The van der Waals surface area contributed by atoms with Gasteiger partial charge in [-0.2, -0.15) is 13.2 Å². The number of nitrogens with one attached hydrogen (secondary N) is 1. The summed E-state index contributed by atoms with van der Waals surface area (Å²) in [7, 11) is 0. The molecule has 98 valence electrons. The van der Waals surface area contributed by atoms with E-state index in [1.165, 1.54) is 0 Å². The molecular formula is C11H10F4N2O. The number of nitrogens with two attached hydrogens (primary N) is 1. The second-order valence-corrected chi connectivity index (χ2v) is 4.30. The van der Waals surface area contributed by atoms with E-state index in [9.17, 15) is 22.4 Å². The molecule has 1 aliphatic rings. The van der Waals surface area contributed by atoms with Crippen LogP contribution in [0, 0.1) is 5.82 Å². The van der Waals surface area contributed by atoms with Gasteiger partial charge in [-0.15, -0.1) is 0 Å². The van der Waals surface area contributed by atoms with Crippen molar-refractivity contribution in [1.29, 1.82) is 0 Å². The lowest BCUT2D eigenvalue weighted by molar-refractivity contribution is -0.137. The Bertz CT molecular complexity index is 494. The minimum absolute atomic E-state index is 0.301. The van der Waals surface area contributed by atoms with Crippen molar-refractivity contribution in [3.63, 3.8) is 0 Å². The Morgan fingerprint density at radius 1 is 1.33 bits per heavy atom. The maximum Gasteiger partial charge on any atom is 0.416 e. The summed E-state index contributed by atoms with van der Waals surface area (Å²) in [6, 6.07) is 1.92. The largest absolute Gasteiger partial charge is 0.416 e. The van der Waals surface area contributed by atoms with E-state index in [2.05, 4.69) is 5.32 Å². The van der Waals surface area contributed by atoms with Crippen LogP contribution >= 0.6 is 0 Å². The van der Waals surface area contributed by atoms with E-state index in [1.807, 2.05) is 0 Å². The van der Waals surface area contributed by atoms with Crippen LogP contribution in [0.5, 0.6) is 0 Å². The Morgan fingerprint density at radius 3 is 2.39 bits per heavy atom. The van der Waals surface area contributed by atoms with Crippen LogP contribution in [0.25, 0.3) is 0 Å². The van der Waals surface area contributed by atoms with Gasteiger partial charge >= 0.3 is 6.18 Å². The zero-order valence-electron chi connectivity index (χ0n) is 9.14. The van der Waals surface area contributed by atoms with Crippen molar-refractivity contribution >= 4 is 11.6 Å². The third-order valence-electron chi connectivity index (χ3n) is 2.79. The van der Waals surface area contributed by atoms with Crippen molar-refractivity contribution in [3.05, 3.63) is 29.6 Å². The lowest BCUT2D eigenvalue weighted by Crippen LogP contribution is -2.38. The molecule has 0 aromatic heterocycles. The highest BCUT2D eigenvalue weighted by Crippen LogP contribution is 2.35. The van der Waals surface area contributed by atoms with Crippen LogP contribution in [0.15, 0.2) is 18.2 Å². The van der Waals surface area contributed by atoms with Crippen LogP contribution in [0.2, 0.25) is 0 Å². The van der Waals surface area contributed by atoms with Crippen LogP contribution in [0.4, 0.5) is 23.2 Å². The highest BCUT2D eigenvalue weighted by molar-refractivity contribution is 6.00. The van der Waals surface area contributed by atoms with Gasteiger partial charge in [0, 0.05) is 0 Å². The summed E-state index contributed by atoms with van der Waals surface area (Å²) in [5.41, 5.74) is 3.16. The number of halogens is 4. The third kappa shape index (κ3) is 2.45. The van der Waals surface area contributed by atoms with Crippen molar-refractivity contribution in [3.8, 4) is 0 Å². The Hall–Kier alpha value is -1.63. The maximum absolute atomic E-state index is 13.4. The first-order valence-corrected chi connectivity index (χ1v) is 5.19. The Morgan fingerprint density at radius 2 is 1.94 bits per heavy atom. The molecule has 0 heterocycles. The summed E-state index contributed by atoms with van der Waals surface area (Å²) in [5.74, 6) is -1.72. The number of rotatable bonds is 2. The molecule has 1 saturated carbocycles. The van der Waals surface area contributed by atoms with Gasteiger partial charge in [0.2, 0.25) is 5.91 Å². The van der Waals surface area contributed by atoms with Gasteiger partial charge in [-0.3, -0.25) is 4.79 Å². The number of anilines is 1. The first-order chi connectivity index (χ1) is 8.22. The van der Waals surface area contributed by atoms with Gasteiger partial charge in [-0.1, -0.05) is 0 Å². The van der Waals surface area contributed by atoms with Gasteiger partial charge in [0.25, 0.3) is 0 Å². The van der Waals surface area contributed by atoms with Crippen molar-refractivity contribution in [2.75, 3.05) is 5.32 Å². The lowest BCUT2D eigenvalue weighted by Gasteiger charge is -2.12. The Kier molecular flexibility index (Phi) is 2.81. The van der Waals surface area contributed by atoms with Gasteiger partial charge in [0.15, 0.2) is 0 Å². The molecule has 0 aliphatic heterocycles. The highest BCUT2D eigenvalue weighted by atomic mass is 19.4. The van der Waals surface area contributed by atoms with E-state index in [0.29, 0.717) is 25.0 Å². The third-order valence-corrected chi connectivity index (χ3v) is 2.79. The molecule has 1 fully saturated rings. The summed E-state index contributed by atoms with van der Waals surface area (Å²) in [5, 5.41) is 2.19. The number of carbonyl (C=O) groups is 1. The number of hydrogen-bond acceptors (Lipinski definition) is 2. The monoisotopic (exact) mass is 262 g/mol. The minimum atomic E-state index is -4.62. The molecule has 3 N–H and O–H groups in total. The molecule has 0 atom stereocenters. The molecule has 1 aliphatic carbocycles. The van der Waals surface area contributed by atoms with E-state index in [4.69, 9.17) is 5.73 Å².